The van der Waals surface area contributed by atoms with Crippen LogP contribution in [0.1, 0.15) is 38.0 Å². The first-order valence-electron chi connectivity index (χ1n) is 8.94. The van der Waals surface area contributed by atoms with E-state index >= 15 is 0 Å². The van der Waals surface area contributed by atoms with Crippen LogP contribution in [0.2, 0.25) is 0 Å². The first kappa shape index (κ1) is 18.5. The zero-order chi connectivity index (χ0) is 18.5. The number of nitrogens with zero attached hydrogens (tertiary/aromatic N) is 2. The van der Waals surface area contributed by atoms with Crippen LogP contribution in [0.15, 0.2) is 59.8 Å². The van der Waals surface area contributed by atoms with E-state index in [1.165, 1.54) is 5.56 Å². The minimum Gasteiger partial charge on any atom is -0.461 e. The Hall–Kier alpha value is -2.27. The third-order valence-corrected chi connectivity index (χ3v) is 5.51. The van der Waals surface area contributed by atoms with E-state index in [-0.39, 0.29) is 23.9 Å². The summed E-state index contributed by atoms with van der Waals surface area (Å²) in [4.78, 5) is 17.1. The molecule has 2 aromatic carbocycles. The van der Waals surface area contributed by atoms with Gasteiger partial charge in [-0.2, -0.15) is 0 Å². The fraction of sp³-hybridized carbons (Fsp3) is 0.333. The summed E-state index contributed by atoms with van der Waals surface area (Å²) < 4.78 is 7.43. The summed E-state index contributed by atoms with van der Waals surface area (Å²) in [6.45, 7) is 6.25. The molecule has 0 fully saturated rings. The summed E-state index contributed by atoms with van der Waals surface area (Å²) in [6, 6.07) is 18.2. The van der Waals surface area contributed by atoms with E-state index in [1.807, 2.05) is 60.9 Å². The van der Waals surface area contributed by atoms with Crippen LogP contribution >= 0.6 is 11.8 Å². The Morgan fingerprint density at radius 2 is 1.81 bits per heavy atom. The topological polar surface area (TPSA) is 44.1 Å². The third kappa shape index (κ3) is 4.28. The normalized spacial score (nSPS) is 13.5. The molecule has 0 radical (unpaired) electrons. The quantitative estimate of drug-likeness (QED) is 0.423. The molecule has 4 nitrogen and oxygen atoms in total. The van der Waals surface area contributed by atoms with Crippen molar-refractivity contribution in [1.82, 2.24) is 9.55 Å². The van der Waals surface area contributed by atoms with E-state index in [2.05, 4.69) is 19.1 Å². The second kappa shape index (κ2) is 8.41. The molecule has 2 unspecified atom stereocenters. The Labute approximate surface area is 158 Å². The van der Waals surface area contributed by atoms with Crippen molar-refractivity contribution in [2.24, 2.45) is 0 Å². The highest BCUT2D eigenvalue weighted by Gasteiger charge is 2.18. The molecule has 0 saturated carbocycles. The van der Waals surface area contributed by atoms with E-state index in [1.54, 1.807) is 11.8 Å². The largest absolute Gasteiger partial charge is 0.461 e. The average Bonchev–Trinajstić information content (AvgIpc) is 2.99. The number of hydrogen-bond donors (Lipinski definition) is 0. The number of rotatable bonds is 7. The molecule has 0 aliphatic rings. The van der Waals surface area contributed by atoms with Crippen LogP contribution < -0.4 is 0 Å². The van der Waals surface area contributed by atoms with Gasteiger partial charge in [0.05, 0.1) is 17.1 Å². The van der Waals surface area contributed by atoms with Gasteiger partial charge in [0.15, 0.2) is 5.16 Å². The molecule has 0 saturated heterocycles. The molecule has 0 aliphatic heterocycles. The molecule has 0 spiro atoms. The molecule has 1 aromatic heterocycles. The molecule has 3 aromatic rings. The predicted molar refractivity (Wildman–Crippen MR) is 106 cm³/mol. The number of carbonyl (C=O) groups excluding carboxylic acids is 1. The van der Waals surface area contributed by atoms with Crippen LogP contribution in [0.3, 0.4) is 0 Å². The smallest absolute Gasteiger partial charge is 0.326 e. The summed E-state index contributed by atoms with van der Waals surface area (Å²) in [7, 11) is 0. The predicted octanol–water partition coefficient (Wildman–Crippen LogP) is 5.23. The van der Waals surface area contributed by atoms with Crippen LogP contribution in [-0.4, -0.2) is 21.6 Å². The standard InChI is InChI=1S/C21H24N2O2S/c1-4-15(2)25-20(24)14-23-19-13-9-8-12-18(19)22-21(23)26-16(3)17-10-6-5-7-11-17/h5-13,15-16H,4,14H2,1-3H3. The highest BCUT2D eigenvalue weighted by Crippen LogP contribution is 2.35. The Morgan fingerprint density at radius 3 is 2.54 bits per heavy atom. The lowest BCUT2D eigenvalue weighted by atomic mass is 10.2. The van der Waals surface area contributed by atoms with Gasteiger partial charge in [-0.3, -0.25) is 4.79 Å². The number of esters is 1. The van der Waals surface area contributed by atoms with Crippen LogP contribution in [-0.2, 0) is 16.1 Å². The molecule has 0 bridgehead atoms. The number of fused-ring (bicyclic) bond motifs is 1. The van der Waals surface area contributed by atoms with Crippen molar-refractivity contribution < 1.29 is 9.53 Å². The van der Waals surface area contributed by atoms with Crippen LogP contribution in [0.25, 0.3) is 11.0 Å². The number of para-hydroxylation sites is 2. The third-order valence-electron chi connectivity index (χ3n) is 4.37. The van der Waals surface area contributed by atoms with E-state index in [4.69, 9.17) is 9.72 Å². The zero-order valence-electron chi connectivity index (χ0n) is 15.4. The van der Waals surface area contributed by atoms with Gasteiger partial charge < -0.3 is 9.30 Å². The van der Waals surface area contributed by atoms with Gasteiger partial charge in [-0.15, -0.1) is 0 Å². The Balaban J connectivity index is 1.88. The van der Waals surface area contributed by atoms with Gasteiger partial charge in [0.1, 0.15) is 6.54 Å². The fourth-order valence-corrected chi connectivity index (χ4v) is 3.77. The van der Waals surface area contributed by atoms with Crippen molar-refractivity contribution in [3.63, 3.8) is 0 Å². The summed E-state index contributed by atoms with van der Waals surface area (Å²) in [5.41, 5.74) is 3.08. The average molecular weight is 369 g/mol. The summed E-state index contributed by atoms with van der Waals surface area (Å²) in [5, 5.41) is 1.07. The van der Waals surface area contributed by atoms with Gasteiger partial charge in [0, 0.05) is 5.25 Å². The number of carbonyl (C=O) groups is 1. The summed E-state index contributed by atoms with van der Waals surface area (Å²) in [6.07, 6.45) is 0.736. The Morgan fingerprint density at radius 1 is 1.12 bits per heavy atom. The van der Waals surface area contributed by atoms with Gasteiger partial charge in [-0.25, -0.2) is 4.98 Å². The molecule has 5 heteroatoms. The van der Waals surface area contributed by atoms with Crippen molar-refractivity contribution in [2.45, 2.75) is 50.2 Å². The van der Waals surface area contributed by atoms with Crippen LogP contribution in [0.5, 0.6) is 0 Å². The number of thioether (sulfide) groups is 1. The van der Waals surface area contributed by atoms with Crippen molar-refractivity contribution in [2.75, 3.05) is 0 Å². The molecule has 2 atom stereocenters. The molecule has 0 N–H and O–H groups in total. The van der Waals surface area contributed by atoms with Gasteiger partial charge in [-0.1, -0.05) is 61.2 Å². The van der Waals surface area contributed by atoms with E-state index in [9.17, 15) is 4.79 Å². The van der Waals surface area contributed by atoms with Gasteiger partial charge in [0.25, 0.3) is 0 Å². The van der Waals surface area contributed by atoms with E-state index < -0.39 is 0 Å². The monoisotopic (exact) mass is 368 g/mol. The van der Waals surface area contributed by atoms with E-state index in [0.29, 0.717) is 0 Å². The first-order valence-corrected chi connectivity index (χ1v) is 9.82. The minimum atomic E-state index is -0.225. The Bertz CT molecular complexity index is 876. The molecule has 0 amide bonds. The molecule has 1 heterocycles. The summed E-state index contributed by atoms with van der Waals surface area (Å²) in [5.74, 6) is -0.225. The van der Waals surface area contributed by atoms with Crippen molar-refractivity contribution in [3.8, 4) is 0 Å². The van der Waals surface area contributed by atoms with Crippen molar-refractivity contribution in [3.05, 3.63) is 60.2 Å². The number of ether oxygens (including phenoxy) is 1. The van der Waals surface area contributed by atoms with Gasteiger partial charge in [0.2, 0.25) is 0 Å². The zero-order valence-corrected chi connectivity index (χ0v) is 16.2. The SMILES string of the molecule is CCC(C)OC(=O)Cn1c(SC(C)c2ccccc2)nc2ccccc21. The number of benzene rings is 2. The van der Waals surface area contributed by atoms with Gasteiger partial charge in [-0.05, 0) is 38.0 Å². The number of aromatic nitrogens is 2. The first-order chi connectivity index (χ1) is 12.6. The maximum Gasteiger partial charge on any atom is 0.326 e. The maximum atomic E-state index is 12.4. The van der Waals surface area contributed by atoms with Crippen LogP contribution in [0.4, 0.5) is 0 Å². The number of imidazole rings is 1. The van der Waals surface area contributed by atoms with Crippen LogP contribution in [0, 0.1) is 0 Å². The second-order valence-corrected chi connectivity index (χ2v) is 7.66. The minimum absolute atomic E-state index is 0.0726. The number of hydrogen-bond acceptors (Lipinski definition) is 4. The molecular formula is C21H24N2O2S. The molecule has 0 aliphatic carbocycles. The lowest BCUT2D eigenvalue weighted by molar-refractivity contribution is -0.149. The molecule has 26 heavy (non-hydrogen) atoms. The molecule has 3 rings (SSSR count). The summed E-state index contributed by atoms with van der Waals surface area (Å²) >= 11 is 1.66. The van der Waals surface area contributed by atoms with Crippen molar-refractivity contribution >= 4 is 28.8 Å². The van der Waals surface area contributed by atoms with E-state index in [0.717, 1.165) is 22.6 Å². The maximum absolute atomic E-state index is 12.4. The van der Waals surface area contributed by atoms with Crippen molar-refractivity contribution in [1.29, 1.82) is 0 Å². The fourth-order valence-electron chi connectivity index (χ4n) is 2.72. The second-order valence-electron chi connectivity index (χ2n) is 6.35. The van der Waals surface area contributed by atoms with Gasteiger partial charge >= 0.3 is 5.97 Å². The highest BCUT2D eigenvalue weighted by atomic mass is 32.2. The molecule has 136 valence electrons. The Kier molecular flexibility index (Phi) is 5.99. The lowest BCUT2D eigenvalue weighted by Gasteiger charge is -2.15. The highest BCUT2D eigenvalue weighted by molar-refractivity contribution is 7.99. The lowest BCUT2D eigenvalue weighted by Crippen LogP contribution is -2.19. The molecular weight excluding hydrogens is 344 g/mol.